The van der Waals surface area contributed by atoms with Crippen LogP contribution in [0.2, 0.25) is 0 Å². The molecule has 0 aromatic heterocycles. The molecule has 1 saturated heterocycles. The SMILES string of the molecule is CN(C(=O)OCc1ccccc1)C(CC1CC1)C(=O)N1CC(C(=O)Nc2ccccc2)CC1C#N. The number of carbonyl (C=O) groups excluding carboxylic acids is 3. The maximum absolute atomic E-state index is 13.6. The van der Waals surface area contributed by atoms with E-state index in [4.69, 9.17) is 4.74 Å². The second kappa shape index (κ2) is 11.0. The zero-order chi connectivity index (χ0) is 24.8. The van der Waals surface area contributed by atoms with Crippen LogP contribution in [-0.4, -0.2) is 53.4 Å². The molecule has 1 aliphatic heterocycles. The van der Waals surface area contributed by atoms with E-state index in [1.807, 2.05) is 48.5 Å². The molecule has 1 aliphatic carbocycles. The number of rotatable bonds is 8. The van der Waals surface area contributed by atoms with Gasteiger partial charge in [0.2, 0.25) is 11.8 Å². The maximum atomic E-state index is 13.6. The quantitative estimate of drug-likeness (QED) is 0.627. The van der Waals surface area contributed by atoms with Crippen LogP contribution in [0, 0.1) is 23.2 Å². The molecule has 0 spiro atoms. The molecule has 1 N–H and O–H groups in total. The van der Waals surface area contributed by atoms with Gasteiger partial charge in [-0.3, -0.25) is 14.5 Å². The molecular formula is C27H30N4O4. The summed E-state index contributed by atoms with van der Waals surface area (Å²) in [5.41, 5.74) is 1.53. The van der Waals surface area contributed by atoms with Gasteiger partial charge in [-0.1, -0.05) is 61.4 Å². The molecule has 8 nitrogen and oxygen atoms in total. The van der Waals surface area contributed by atoms with Crippen LogP contribution in [0.1, 0.15) is 31.2 Å². The fourth-order valence-electron chi connectivity index (χ4n) is 4.39. The van der Waals surface area contributed by atoms with Crippen molar-refractivity contribution in [1.82, 2.24) is 9.80 Å². The number of ether oxygens (including phenoxy) is 1. The van der Waals surface area contributed by atoms with E-state index in [1.165, 1.54) is 9.80 Å². The Morgan fingerprint density at radius 3 is 2.40 bits per heavy atom. The highest BCUT2D eigenvalue weighted by atomic mass is 16.6. The van der Waals surface area contributed by atoms with Gasteiger partial charge in [0.1, 0.15) is 18.7 Å². The monoisotopic (exact) mass is 474 g/mol. The summed E-state index contributed by atoms with van der Waals surface area (Å²) in [7, 11) is 1.56. The Kier molecular flexibility index (Phi) is 7.66. The Bertz CT molecular complexity index is 1080. The standard InChI is InChI=1S/C27H30N4O4/c1-30(27(34)35-18-20-8-4-2-5-9-20)24(14-19-12-13-19)26(33)31-17-21(15-23(31)16-28)25(32)29-22-10-6-3-7-11-22/h2-11,19,21,23-24H,12-15,17-18H2,1H3,(H,29,32). The lowest BCUT2D eigenvalue weighted by atomic mass is 10.1. The van der Waals surface area contributed by atoms with Crippen molar-refractivity contribution in [2.75, 3.05) is 18.9 Å². The van der Waals surface area contributed by atoms with E-state index in [0.29, 0.717) is 18.0 Å². The van der Waals surface area contributed by atoms with Crippen molar-refractivity contribution >= 4 is 23.6 Å². The van der Waals surface area contributed by atoms with Crippen LogP contribution in [0.3, 0.4) is 0 Å². The van der Waals surface area contributed by atoms with Gasteiger partial charge >= 0.3 is 6.09 Å². The molecule has 0 bridgehead atoms. The number of hydrogen-bond acceptors (Lipinski definition) is 5. The molecule has 1 saturated carbocycles. The molecule has 1 heterocycles. The van der Waals surface area contributed by atoms with Crippen LogP contribution in [-0.2, 0) is 20.9 Å². The summed E-state index contributed by atoms with van der Waals surface area (Å²) in [6.07, 6.45) is 2.23. The van der Waals surface area contributed by atoms with Crippen LogP contribution in [0.15, 0.2) is 60.7 Å². The second-order valence-corrected chi connectivity index (χ2v) is 9.27. The Balaban J connectivity index is 1.42. The van der Waals surface area contributed by atoms with Crippen LogP contribution in [0.5, 0.6) is 0 Å². The number of nitriles is 1. The molecule has 0 radical (unpaired) electrons. The lowest BCUT2D eigenvalue weighted by molar-refractivity contribution is -0.136. The van der Waals surface area contributed by atoms with Gasteiger partial charge in [-0.05, 0) is 36.5 Å². The number of amides is 3. The van der Waals surface area contributed by atoms with Crippen molar-refractivity contribution < 1.29 is 19.1 Å². The number of likely N-dealkylation sites (tertiary alicyclic amines) is 1. The van der Waals surface area contributed by atoms with Crippen molar-refractivity contribution in [1.29, 1.82) is 5.26 Å². The average Bonchev–Trinajstić information content (AvgIpc) is 3.61. The number of carbonyl (C=O) groups is 3. The molecular weight excluding hydrogens is 444 g/mol. The first-order chi connectivity index (χ1) is 17.0. The molecule has 3 amide bonds. The Labute approximate surface area is 205 Å². The predicted molar refractivity (Wildman–Crippen MR) is 130 cm³/mol. The van der Waals surface area contributed by atoms with Crippen molar-refractivity contribution in [2.24, 2.45) is 11.8 Å². The van der Waals surface area contributed by atoms with Crippen LogP contribution >= 0.6 is 0 Å². The number of nitrogens with zero attached hydrogens (tertiary/aromatic N) is 3. The van der Waals surface area contributed by atoms with Gasteiger partial charge in [0.25, 0.3) is 0 Å². The number of anilines is 1. The fraction of sp³-hybridized carbons (Fsp3) is 0.407. The van der Waals surface area contributed by atoms with Gasteiger partial charge in [-0.25, -0.2) is 4.79 Å². The van der Waals surface area contributed by atoms with Crippen LogP contribution in [0.4, 0.5) is 10.5 Å². The summed E-state index contributed by atoms with van der Waals surface area (Å²) in [5.74, 6) is -0.659. The minimum absolute atomic E-state index is 0.112. The highest BCUT2D eigenvalue weighted by Crippen LogP contribution is 2.36. The first kappa shape index (κ1) is 24.3. The van der Waals surface area contributed by atoms with E-state index in [9.17, 15) is 19.6 Å². The minimum Gasteiger partial charge on any atom is -0.445 e. The lowest BCUT2D eigenvalue weighted by Gasteiger charge is -2.31. The van der Waals surface area contributed by atoms with Crippen LogP contribution < -0.4 is 5.32 Å². The summed E-state index contributed by atoms with van der Waals surface area (Å²) in [5, 5.41) is 12.6. The number of hydrogen-bond donors (Lipinski definition) is 1. The van der Waals surface area contributed by atoms with Gasteiger partial charge in [0.05, 0.1) is 12.0 Å². The van der Waals surface area contributed by atoms with E-state index >= 15 is 0 Å². The van der Waals surface area contributed by atoms with Gasteiger partial charge in [0, 0.05) is 19.3 Å². The lowest BCUT2D eigenvalue weighted by Crippen LogP contribution is -2.51. The molecule has 182 valence electrons. The summed E-state index contributed by atoms with van der Waals surface area (Å²) < 4.78 is 5.45. The van der Waals surface area contributed by atoms with E-state index in [2.05, 4.69) is 11.4 Å². The molecule has 3 unspecified atom stereocenters. The first-order valence-corrected chi connectivity index (χ1v) is 12.0. The highest BCUT2D eigenvalue weighted by Gasteiger charge is 2.44. The molecule has 2 aliphatic rings. The normalized spacial score (nSPS) is 19.9. The maximum Gasteiger partial charge on any atom is 0.410 e. The molecule has 2 aromatic carbocycles. The van der Waals surface area contributed by atoms with Crippen molar-refractivity contribution in [3.05, 3.63) is 66.2 Å². The molecule has 2 fully saturated rings. The molecule has 35 heavy (non-hydrogen) atoms. The molecule has 2 aromatic rings. The largest absolute Gasteiger partial charge is 0.445 e. The zero-order valence-corrected chi connectivity index (χ0v) is 19.8. The van der Waals surface area contributed by atoms with Gasteiger partial charge < -0.3 is 15.0 Å². The highest BCUT2D eigenvalue weighted by molar-refractivity contribution is 5.94. The number of likely N-dealkylation sites (N-methyl/N-ethyl adjacent to an activating group) is 1. The third-order valence-electron chi connectivity index (χ3n) is 6.64. The third-order valence-corrected chi connectivity index (χ3v) is 6.64. The molecule has 8 heteroatoms. The third kappa shape index (κ3) is 6.18. The summed E-state index contributed by atoms with van der Waals surface area (Å²) in [6, 6.07) is 19.2. The average molecular weight is 475 g/mol. The van der Waals surface area contributed by atoms with Gasteiger partial charge in [0.15, 0.2) is 0 Å². The smallest absolute Gasteiger partial charge is 0.410 e. The van der Waals surface area contributed by atoms with E-state index in [-0.39, 0.29) is 31.4 Å². The van der Waals surface area contributed by atoms with Crippen molar-refractivity contribution in [3.8, 4) is 6.07 Å². The Hall–Kier alpha value is -3.86. The topological polar surface area (TPSA) is 103 Å². The van der Waals surface area contributed by atoms with Crippen molar-refractivity contribution in [3.63, 3.8) is 0 Å². The summed E-state index contributed by atoms with van der Waals surface area (Å²) >= 11 is 0. The zero-order valence-electron chi connectivity index (χ0n) is 19.8. The first-order valence-electron chi connectivity index (χ1n) is 12.0. The predicted octanol–water partition coefficient (Wildman–Crippen LogP) is 3.80. The minimum atomic E-state index is -0.738. The molecule has 4 rings (SSSR count). The number of benzene rings is 2. The summed E-state index contributed by atoms with van der Waals surface area (Å²) in [6.45, 7) is 0.254. The van der Waals surface area contributed by atoms with Gasteiger partial charge in [-0.15, -0.1) is 0 Å². The van der Waals surface area contributed by atoms with E-state index in [0.717, 1.165) is 18.4 Å². The van der Waals surface area contributed by atoms with E-state index < -0.39 is 24.1 Å². The number of para-hydroxylation sites is 1. The fourth-order valence-corrected chi connectivity index (χ4v) is 4.39. The van der Waals surface area contributed by atoms with E-state index in [1.54, 1.807) is 19.2 Å². The van der Waals surface area contributed by atoms with Crippen molar-refractivity contribution in [2.45, 2.75) is 44.4 Å². The number of nitrogens with one attached hydrogen (secondary N) is 1. The Morgan fingerprint density at radius 1 is 1.11 bits per heavy atom. The van der Waals surface area contributed by atoms with Crippen LogP contribution in [0.25, 0.3) is 0 Å². The Morgan fingerprint density at radius 2 is 1.77 bits per heavy atom. The van der Waals surface area contributed by atoms with Gasteiger partial charge in [-0.2, -0.15) is 5.26 Å². The summed E-state index contributed by atoms with van der Waals surface area (Å²) in [4.78, 5) is 42.1. The second-order valence-electron chi connectivity index (χ2n) is 9.27. The molecule has 3 atom stereocenters.